The Kier molecular flexibility index (Phi) is 6.19. The van der Waals surface area contributed by atoms with Crippen molar-refractivity contribution < 1.29 is 4.74 Å². The summed E-state index contributed by atoms with van der Waals surface area (Å²) in [5.74, 6) is 0.918. The third-order valence-corrected chi connectivity index (χ3v) is 2.87. The molecular weight excluding hydrogens is 244 g/mol. The van der Waals surface area contributed by atoms with Crippen LogP contribution in [0.2, 0.25) is 0 Å². The monoisotopic (exact) mass is 264 g/mol. The van der Waals surface area contributed by atoms with Gasteiger partial charge in [-0.15, -0.1) is 0 Å². The maximum absolute atomic E-state index is 5.58. The summed E-state index contributed by atoms with van der Waals surface area (Å²) in [5.41, 5.74) is 1.25. The van der Waals surface area contributed by atoms with Crippen LogP contribution >= 0.6 is 0 Å². The first-order valence-electron chi connectivity index (χ1n) is 6.99. The molecule has 0 bridgehead atoms. The van der Waals surface area contributed by atoms with E-state index >= 15 is 0 Å². The lowest BCUT2D eigenvalue weighted by molar-refractivity contribution is 0.362. The third-order valence-electron chi connectivity index (χ3n) is 2.87. The van der Waals surface area contributed by atoms with Gasteiger partial charge in [0.2, 0.25) is 0 Å². The highest BCUT2D eigenvalue weighted by atomic mass is 16.5. The van der Waals surface area contributed by atoms with Crippen LogP contribution in [0.1, 0.15) is 18.4 Å². The SMILES string of the molecule is C(=CCOc1ccccc1)CCC=Cc1ccccc1. The Morgan fingerprint density at radius 3 is 2.10 bits per heavy atom. The molecular formula is C19H20O. The third kappa shape index (κ3) is 5.57. The summed E-state index contributed by atoms with van der Waals surface area (Å²) in [5, 5.41) is 0. The van der Waals surface area contributed by atoms with Gasteiger partial charge in [0.25, 0.3) is 0 Å². The lowest BCUT2D eigenvalue weighted by Crippen LogP contribution is -1.92. The number of para-hydroxylation sites is 1. The van der Waals surface area contributed by atoms with Crippen molar-refractivity contribution in [2.75, 3.05) is 6.61 Å². The number of rotatable bonds is 7. The lowest BCUT2D eigenvalue weighted by Gasteiger charge is -2.01. The molecule has 0 heterocycles. The molecule has 0 saturated heterocycles. The highest BCUT2D eigenvalue weighted by molar-refractivity contribution is 5.48. The van der Waals surface area contributed by atoms with Crippen molar-refractivity contribution in [3.8, 4) is 5.75 Å². The zero-order chi connectivity index (χ0) is 13.9. The van der Waals surface area contributed by atoms with Gasteiger partial charge in [-0.1, -0.05) is 72.8 Å². The molecule has 2 rings (SSSR count). The van der Waals surface area contributed by atoms with E-state index in [9.17, 15) is 0 Å². The Balaban J connectivity index is 1.59. The van der Waals surface area contributed by atoms with Crippen LogP contribution in [0.15, 0.2) is 78.9 Å². The second-order valence-corrected chi connectivity index (χ2v) is 4.49. The Bertz CT molecular complexity index is 526. The van der Waals surface area contributed by atoms with Crippen molar-refractivity contribution in [1.82, 2.24) is 0 Å². The van der Waals surface area contributed by atoms with E-state index in [1.165, 1.54) is 5.56 Å². The number of unbranched alkanes of at least 4 members (excludes halogenated alkanes) is 1. The van der Waals surface area contributed by atoms with Crippen molar-refractivity contribution in [2.24, 2.45) is 0 Å². The molecule has 2 aromatic carbocycles. The molecule has 0 atom stereocenters. The summed E-state index contributed by atoms with van der Waals surface area (Å²) in [6, 6.07) is 20.3. The molecule has 0 aliphatic heterocycles. The smallest absolute Gasteiger partial charge is 0.119 e. The molecule has 0 fully saturated rings. The molecule has 102 valence electrons. The molecule has 20 heavy (non-hydrogen) atoms. The van der Waals surface area contributed by atoms with E-state index in [-0.39, 0.29) is 0 Å². The molecule has 0 saturated carbocycles. The van der Waals surface area contributed by atoms with Crippen LogP contribution in [0, 0.1) is 0 Å². The average Bonchev–Trinajstić information content (AvgIpc) is 2.52. The maximum Gasteiger partial charge on any atom is 0.119 e. The second kappa shape index (κ2) is 8.76. The number of benzene rings is 2. The van der Waals surface area contributed by atoms with Crippen molar-refractivity contribution in [3.05, 3.63) is 84.5 Å². The van der Waals surface area contributed by atoms with Gasteiger partial charge in [-0.25, -0.2) is 0 Å². The topological polar surface area (TPSA) is 9.23 Å². The minimum atomic E-state index is 0.631. The highest BCUT2D eigenvalue weighted by Gasteiger charge is 1.87. The quantitative estimate of drug-likeness (QED) is 0.498. The fraction of sp³-hybridized carbons (Fsp3) is 0.158. The molecule has 2 aromatic rings. The normalized spacial score (nSPS) is 11.2. The van der Waals surface area contributed by atoms with Gasteiger partial charge < -0.3 is 4.74 Å². The number of hydrogen-bond donors (Lipinski definition) is 0. The fourth-order valence-electron chi connectivity index (χ4n) is 1.82. The van der Waals surface area contributed by atoms with Gasteiger partial charge in [-0.3, -0.25) is 0 Å². The number of allylic oxidation sites excluding steroid dienone is 2. The van der Waals surface area contributed by atoms with Crippen LogP contribution in [0.25, 0.3) is 6.08 Å². The van der Waals surface area contributed by atoms with Gasteiger partial charge in [-0.05, 0) is 30.5 Å². The summed E-state index contributed by atoms with van der Waals surface area (Å²) >= 11 is 0. The molecule has 0 unspecified atom stereocenters. The molecule has 0 aliphatic carbocycles. The number of hydrogen-bond acceptors (Lipinski definition) is 1. The minimum absolute atomic E-state index is 0.631. The molecule has 0 radical (unpaired) electrons. The van der Waals surface area contributed by atoms with Crippen LogP contribution in [0.4, 0.5) is 0 Å². The van der Waals surface area contributed by atoms with Crippen LogP contribution in [0.5, 0.6) is 5.75 Å². The Morgan fingerprint density at radius 2 is 1.35 bits per heavy atom. The molecule has 1 heteroatoms. The maximum atomic E-state index is 5.58. The van der Waals surface area contributed by atoms with Crippen molar-refractivity contribution >= 4 is 6.08 Å². The Hall–Kier alpha value is -2.28. The molecule has 0 amide bonds. The summed E-state index contributed by atoms with van der Waals surface area (Å²) in [7, 11) is 0. The second-order valence-electron chi connectivity index (χ2n) is 4.49. The first-order valence-corrected chi connectivity index (χ1v) is 6.99. The summed E-state index contributed by atoms with van der Waals surface area (Å²) < 4.78 is 5.58. The van der Waals surface area contributed by atoms with Gasteiger partial charge >= 0.3 is 0 Å². The zero-order valence-corrected chi connectivity index (χ0v) is 11.6. The Labute approximate surface area is 121 Å². The number of ether oxygens (including phenoxy) is 1. The zero-order valence-electron chi connectivity index (χ0n) is 11.6. The van der Waals surface area contributed by atoms with Crippen LogP contribution in [0.3, 0.4) is 0 Å². The van der Waals surface area contributed by atoms with Gasteiger partial charge in [0.15, 0.2) is 0 Å². The predicted molar refractivity (Wildman–Crippen MR) is 85.8 cm³/mol. The standard InChI is InChI=1S/C19H20O/c1(2-6-12-18-13-7-4-8-14-18)3-11-17-20-19-15-9-5-10-16-19/h3-16H,1-2,17H2. The van der Waals surface area contributed by atoms with Gasteiger partial charge in [0.05, 0.1) is 0 Å². The minimum Gasteiger partial charge on any atom is -0.490 e. The van der Waals surface area contributed by atoms with Gasteiger partial charge in [-0.2, -0.15) is 0 Å². The molecule has 1 nitrogen and oxygen atoms in total. The Morgan fingerprint density at radius 1 is 0.700 bits per heavy atom. The molecule has 0 aromatic heterocycles. The van der Waals surface area contributed by atoms with E-state index in [0.29, 0.717) is 6.61 Å². The highest BCUT2D eigenvalue weighted by Crippen LogP contribution is 2.08. The van der Waals surface area contributed by atoms with E-state index in [0.717, 1.165) is 18.6 Å². The lowest BCUT2D eigenvalue weighted by atomic mass is 10.2. The van der Waals surface area contributed by atoms with E-state index in [4.69, 9.17) is 4.74 Å². The largest absolute Gasteiger partial charge is 0.490 e. The average molecular weight is 264 g/mol. The van der Waals surface area contributed by atoms with Gasteiger partial charge in [0.1, 0.15) is 12.4 Å². The van der Waals surface area contributed by atoms with Crippen LogP contribution in [-0.2, 0) is 0 Å². The van der Waals surface area contributed by atoms with E-state index in [1.54, 1.807) is 0 Å². The van der Waals surface area contributed by atoms with E-state index in [2.05, 4.69) is 48.6 Å². The molecule has 0 aliphatic rings. The first-order chi connectivity index (χ1) is 9.95. The van der Waals surface area contributed by atoms with Crippen LogP contribution in [-0.4, -0.2) is 6.61 Å². The summed E-state index contributed by atoms with van der Waals surface area (Å²) in [6.07, 6.45) is 10.7. The predicted octanol–water partition coefficient (Wildman–Crippen LogP) is 5.12. The van der Waals surface area contributed by atoms with E-state index in [1.807, 2.05) is 36.4 Å². The molecule has 0 spiro atoms. The van der Waals surface area contributed by atoms with Crippen molar-refractivity contribution in [3.63, 3.8) is 0 Å². The van der Waals surface area contributed by atoms with Gasteiger partial charge in [0, 0.05) is 0 Å². The summed E-state index contributed by atoms with van der Waals surface area (Å²) in [4.78, 5) is 0. The van der Waals surface area contributed by atoms with Crippen molar-refractivity contribution in [2.45, 2.75) is 12.8 Å². The van der Waals surface area contributed by atoms with E-state index < -0.39 is 0 Å². The first kappa shape index (κ1) is 14.1. The van der Waals surface area contributed by atoms with Crippen LogP contribution < -0.4 is 4.74 Å². The fourth-order valence-corrected chi connectivity index (χ4v) is 1.82. The van der Waals surface area contributed by atoms with Crippen molar-refractivity contribution in [1.29, 1.82) is 0 Å². The summed E-state index contributed by atoms with van der Waals surface area (Å²) in [6.45, 7) is 0.631. The molecule has 0 N–H and O–H groups in total.